The highest BCUT2D eigenvalue weighted by Crippen LogP contribution is 2.25. The Morgan fingerprint density at radius 1 is 1.25 bits per heavy atom. The Morgan fingerprint density at radius 3 is 2.95 bits per heavy atom. The lowest BCUT2D eigenvalue weighted by Crippen LogP contribution is -2.46. The van der Waals surface area contributed by atoms with Crippen LogP contribution in [0, 0.1) is 0 Å². The second kappa shape index (κ2) is 7.43. The van der Waals surface area contributed by atoms with Gasteiger partial charge in [0.2, 0.25) is 0 Å². The van der Waals surface area contributed by atoms with E-state index in [0.29, 0.717) is 12.7 Å². The molecule has 0 aliphatic carbocycles. The van der Waals surface area contributed by atoms with Gasteiger partial charge in [-0.05, 0) is 55.9 Å². The number of hydrogen-bond acceptors (Lipinski definition) is 4. The van der Waals surface area contributed by atoms with Crippen molar-refractivity contribution in [2.45, 2.75) is 44.4 Å². The molecule has 1 aromatic heterocycles. The van der Waals surface area contributed by atoms with Crippen LogP contribution < -0.4 is 0 Å². The van der Waals surface area contributed by atoms with Crippen molar-refractivity contribution < 1.29 is 4.74 Å². The maximum absolute atomic E-state index is 6.08. The van der Waals surface area contributed by atoms with E-state index in [9.17, 15) is 0 Å². The Hall–Kier alpha value is -0.580. The Morgan fingerprint density at radius 2 is 2.15 bits per heavy atom. The lowest BCUT2D eigenvalue weighted by atomic mass is 10.0. The third-order valence-electron chi connectivity index (χ3n) is 4.31. The molecule has 2 saturated heterocycles. The summed E-state index contributed by atoms with van der Waals surface area (Å²) >= 11 is 2.10. The van der Waals surface area contributed by atoms with Crippen LogP contribution in [-0.4, -0.2) is 46.6 Å². The summed E-state index contributed by atoms with van der Waals surface area (Å²) in [6.45, 7) is 3.03. The fourth-order valence-corrected chi connectivity index (χ4v) is 4.25. The molecule has 0 saturated carbocycles. The van der Waals surface area contributed by atoms with Gasteiger partial charge in [-0.25, -0.2) is 0 Å². The summed E-state index contributed by atoms with van der Waals surface area (Å²) < 4.78 is 6.08. The fourth-order valence-electron chi connectivity index (χ4n) is 3.17. The van der Waals surface area contributed by atoms with Crippen molar-refractivity contribution >= 4 is 11.8 Å². The second-order valence-corrected chi connectivity index (χ2v) is 6.96. The maximum atomic E-state index is 6.08. The van der Waals surface area contributed by atoms with Gasteiger partial charge in [0.25, 0.3) is 0 Å². The maximum Gasteiger partial charge on any atom is 0.0892 e. The molecule has 2 aliphatic heterocycles. The predicted octanol–water partition coefficient (Wildman–Crippen LogP) is 2.96. The highest BCUT2D eigenvalue weighted by atomic mass is 32.2. The zero-order valence-electron chi connectivity index (χ0n) is 12.0. The van der Waals surface area contributed by atoms with Crippen molar-refractivity contribution in [2.75, 3.05) is 24.6 Å². The molecule has 0 radical (unpaired) electrons. The molecule has 0 bridgehead atoms. The summed E-state index contributed by atoms with van der Waals surface area (Å²) in [7, 11) is 0. The zero-order valence-corrected chi connectivity index (χ0v) is 12.9. The first-order valence-corrected chi connectivity index (χ1v) is 8.90. The van der Waals surface area contributed by atoms with Crippen LogP contribution >= 0.6 is 11.8 Å². The first kappa shape index (κ1) is 14.4. The van der Waals surface area contributed by atoms with E-state index in [2.05, 4.69) is 21.6 Å². The standard InChI is InChI=1S/C16H24N2OS/c1-2-8-17-14(4-1)13-19-16-5-3-9-18(12-16)15-6-10-20-11-7-15/h1-2,4,8,15-16H,3,5-7,9-13H2. The first-order chi connectivity index (χ1) is 9.92. The molecule has 2 aliphatic rings. The number of ether oxygens (including phenoxy) is 1. The Bertz CT molecular complexity index is 395. The summed E-state index contributed by atoms with van der Waals surface area (Å²) in [6.07, 6.45) is 7.42. The third kappa shape index (κ3) is 3.96. The van der Waals surface area contributed by atoms with E-state index in [1.54, 1.807) is 0 Å². The zero-order chi connectivity index (χ0) is 13.6. The van der Waals surface area contributed by atoms with Crippen LogP contribution in [0.2, 0.25) is 0 Å². The molecule has 2 fully saturated rings. The lowest BCUT2D eigenvalue weighted by Gasteiger charge is -2.39. The minimum absolute atomic E-state index is 0.389. The van der Waals surface area contributed by atoms with E-state index < -0.39 is 0 Å². The van der Waals surface area contributed by atoms with Crippen molar-refractivity contribution in [3.63, 3.8) is 0 Å². The predicted molar refractivity (Wildman–Crippen MR) is 84.0 cm³/mol. The molecule has 3 heterocycles. The van der Waals surface area contributed by atoms with Gasteiger partial charge in [-0.15, -0.1) is 0 Å². The van der Waals surface area contributed by atoms with E-state index in [4.69, 9.17) is 4.74 Å². The molecule has 4 heteroatoms. The summed E-state index contributed by atoms with van der Waals surface area (Å²) in [5, 5.41) is 0. The minimum Gasteiger partial charge on any atom is -0.371 e. The summed E-state index contributed by atoms with van der Waals surface area (Å²) in [4.78, 5) is 7.00. The summed E-state index contributed by atoms with van der Waals surface area (Å²) in [5.41, 5.74) is 1.04. The summed E-state index contributed by atoms with van der Waals surface area (Å²) in [6, 6.07) is 6.82. The van der Waals surface area contributed by atoms with Crippen LogP contribution in [-0.2, 0) is 11.3 Å². The minimum atomic E-state index is 0.389. The Kier molecular flexibility index (Phi) is 5.34. The van der Waals surface area contributed by atoms with Crippen LogP contribution in [0.3, 0.4) is 0 Å². The topological polar surface area (TPSA) is 25.4 Å². The molecule has 110 valence electrons. The number of rotatable bonds is 4. The van der Waals surface area contributed by atoms with E-state index in [1.165, 1.54) is 43.7 Å². The van der Waals surface area contributed by atoms with Crippen molar-refractivity contribution in [2.24, 2.45) is 0 Å². The number of likely N-dealkylation sites (tertiary alicyclic amines) is 1. The van der Waals surface area contributed by atoms with Crippen molar-refractivity contribution in [3.05, 3.63) is 30.1 Å². The van der Waals surface area contributed by atoms with Crippen LogP contribution in [0.4, 0.5) is 0 Å². The highest BCUT2D eigenvalue weighted by Gasteiger charge is 2.27. The Labute approximate surface area is 126 Å². The van der Waals surface area contributed by atoms with Crippen LogP contribution in [0.5, 0.6) is 0 Å². The molecule has 3 rings (SSSR count). The fraction of sp³-hybridized carbons (Fsp3) is 0.688. The van der Waals surface area contributed by atoms with Gasteiger partial charge in [0.1, 0.15) is 0 Å². The SMILES string of the molecule is c1ccc(COC2CCCN(C3CCSCC3)C2)nc1. The number of piperidine rings is 1. The molecule has 0 N–H and O–H groups in total. The monoisotopic (exact) mass is 292 g/mol. The van der Waals surface area contributed by atoms with Gasteiger partial charge >= 0.3 is 0 Å². The normalized spacial score (nSPS) is 25.7. The molecule has 0 spiro atoms. The van der Waals surface area contributed by atoms with Gasteiger partial charge in [0.05, 0.1) is 18.4 Å². The molecule has 1 unspecified atom stereocenters. The molecule has 1 atom stereocenters. The molecule has 3 nitrogen and oxygen atoms in total. The van der Waals surface area contributed by atoms with Crippen LogP contribution in [0.25, 0.3) is 0 Å². The number of hydrogen-bond donors (Lipinski definition) is 0. The van der Waals surface area contributed by atoms with Gasteiger partial charge < -0.3 is 4.74 Å². The molecule has 20 heavy (non-hydrogen) atoms. The van der Waals surface area contributed by atoms with Gasteiger partial charge in [0.15, 0.2) is 0 Å². The van der Waals surface area contributed by atoms with E-state index >= 15 is 0 Å². The molecule has 1 aromatic rings. The van der Waals surface area contributed by atoms with Crippen molar-refractivity contribution in [3.8, 4) is 0 Å². The number of pyridine rings is 1. The number of aromatic nitrogens is 1. The smallest absolute Gasteiger partial charge is 0.0892 e. The summed E-state index contributed by atoms with van der Waals surface area (Å²) in [5.74, 6) is 2.67. The average Bonchev–Trinajstić information content (AvgIpc) is 2.55. The van der Waals surface area contributed by atoms with E-state index in [-0.39, 0.29) is 0 Å². The average molecular weight is 292 g/mol. The quantitative estimate of drug-likeness (QED) is 0.852. The van der Waals surface area contributed by atoms with Crippen LogP contribution in [0.1, 0.15) is 31.4 Å². The van der Waals surface area contributed by atoms with Gasteiger partial charge in [-0.2, -0.15) is 11.8 Å². The van der Waals surface area contributed by atoms with E-state index in [1.807, 2.05) is 24.4 Å². The second-order valence-electron chi connectivity index (χ2n) is 5.73. The number of thioether (sulfide) groups is 1. The number of nitrogens with zero attached hydrogens (tertiary/aromatic N) is 2. The van der Waals surface area contributed by atoms with Crippen molar-refractivity contribution in [1.29, 1.82) is 0 Å². The largest absolute Gasteiger partial charge is 0.371 e. The molecule has 0 aromatic carbocycles. The van der Waals surface area contributed by atoms with Crippen molar-refractivity contribution in [1.82, 2.24) is 9.88 Å². The molecular weight excluding hydrogens is 268 g/mol. The highest BCUT2D eigenvalue weighted by molar-refractivity contribution is 7.99. The molecule has 0 amide bonds. The Balaban J connectivity index is 1.47. The molecular formula is C16H24N2OS. The first-order valence-electron chi connectivity index (χ1n) is 7.75. The lowest BCUT2D eigenvalue weighted by molar-refractivity contribution is -0.0234. The van der Waals surface area contributed by atoms with Gasteiger partial charge in [-0.3, -0.25) is 9.88 Å². The van der Waals surface area contributed by atoms with Gasteiger partial charge in [-0.1, -0.05) is 6.07 Å². The van der Waals surface area contributed by atoms with Crippen LogP contribution in [0.15, 0.2) is 24.4 Å². The van der Waals surface area contributed by atoms with E-state index in [0.717, 1.165) is 18.3 Å². The third-order valence-corrected chi connectivity index (χ3v) is 5.36. The van der Waals surface area contributed by atoms with Gasteiger partial charge in [0, 0.05) is 18.8 Å².